The lowest BCUT2D eigenvalue weighted by Crippen LogP contribution is -2.10. The van der Waals surface area contributed by atoms with Crippen molar-refractivity contribution in [3.63, 3.8) is 0 Å². The topological polar surface area (TPSA) is 48.1 Å². The van der Waals surface area contributed by atoms with E-state index in [2.05, 4.69) is 50.0 Å². The van der Waals surface area contributed by atoms with Crippen molar-refractivity contribution in [2.24, 2.45) is 0 Å². The van der Waals surface area contributed by atoms with Gasteiger partial charge in [0.15, 0.2) is 0 Å². The highest BCUT2D eigenvalue weighted by atomic mass is 32.2. The first kappa shape index (κ1) is 14.7. The van der Waals surface area contributed by atoms with Crippen LogP contribution in [0.3, 0.4) is 0 Å². The minimum absolute atomic E-state index is 0.172. The molecule has 0 spiro atoms. The lowest BCUT2D eigenvalue weighted by Gasteiger charge is -2.19. The summed E-state index contributed by atoms with van der Waals surface area (Å²) >= 11 is 1.60. The Labute approximate surface area is 124 Å². The second-order valence-corrected chi connectivity index (χ2v) is 6.72. The number of nitrogen functional groups attached to an aromatic ring is 1. The second-order valence-electron chi connectivity index (χ2n) is 5.62. The van der Waals surface area contributed by atoms with E-state index in [1.54, 1.807) is 18.9 Å². The van der Waals surface area contributed by atoms with Crippen molar-refractivity contribution in [3.8, 4) is 5.88 Å². The maximum atomic E-state index is 5.76. The summed E-state index contributed by atoms with van der Waals surface area (Å²) in [7, 11) is 1.57. The van der Waals surface area contributed by atoms with Crippen LogP contribution in [0.4, 0.5) is 5.69 Å². The quantitative estimate of drug-likeness (QED) is 0.923. The van der Waals surface area contributed by atoms with Gasteiger partial charge in [-0.1, -0.05) is 44.7 Å². The largest absolute Gasteiger partial charge is 0.480 e. The fourth-order valence-electron chi connectivity index (χ4n) is 1.80. The van der Waals surface area contributed by atoms with Crippen molar-refractivity contribution in [1.29, 1.82) is 0 Å². The molecular formula is C16H20N2OS. The van der Waals surface area contributed by atoms with E-state index in [-0.39, 0.29) is 5.41 Å². The van der Waals surface area contributed by atoms with E-state index in [4.69, 9.17) is 10.5 Å². The smallest absolute Gasteiger partial charge is 0.237 e. The summed E-state index contributed by atoms with van der Waals surface area (Å²) in [5.41, 5.74) is 7.82. The molecule has 0 saturated carbocycles. The van der Waals surface area contributed by atoms with Crippen molar-refractivity contribution in [2.75, 3.05) is 12.8 Å². The van der Waals surface area contributed by atoms with Crippen LogP contribution in [-0.2, 0) is 5.41 Å². The normalized spacial score (nSPS) is 11.4. The number of hydrogen-bond acceptors (Lipinski definition) is 4. The number of rotatable bonds is 3. The van der Waals surface area contributed by atoms with Crippen molar-refractivity contribution in [2.45, 2.75) is 36.1 Å². The van der Waals surface area contributed by atoms with Crippen LogP contribution in [0.25, 0.3) is 0 Å². The number of ether oxygens (including phenoxy) is 1. The maximum Gasteiger partial charge on any atom is 0.237 e. The van der Waals surface area contributed by atoms with E-state index in [1.165, 1.54) is 5.56 Å². The molecule has 0 aliphatic rings. The zero-order chi connectivity index (χ0) is 14.8. The number of nitrogens with two attached hydrogens (primary N) is 1. The first-order valence-electron chi connectivity index (χ1n) is 6.49. The summed E-state index contributed by atoms with van der Waals surface area (Å²) in [6.45, 7) is 6.63. The molecule has 0 unspecified atom stereocenters. The van der Waals surface area contributed by atoms with Crippen molar-refractivity contribution in [3.05, 3.63) is 42.0 Å². The average Bonchev–Trinajstić information content (AvgIpc) is 2.40. The molecule has 20 heavy (non-hydrogen) atoms. The molecule has 0 amide bonds. The molecule has 3 nitrogen and oxygen atoms in total. The third kappa shape index (κ3) is 3.45. The van der Waals surface area contributed by atoms with E-state index < -0.39 is 0 Å². The summed E-state index contributed by atoms with van der Waals surface area (Å²) in [5.74, 6) is 0.473. The number of benzene rings is 1. The molecule has 0 fully saturated rings. The molecule has 2 aromatic rings. The fourth-order valence-corrected chi connectivity index (χ4v) is 2.58. The van der Waals surface area contributed by atoms with Crippen molar-refractivity contribution >= 4 is 17.4 Å². The van der Waals surface area contributed by atoms with E-state index in [1.807, 2.05) is 12.1 Å². The Balaban J connectivity index is 2.18. The highest BCUT2D eigenvalue weighted by Gasteiger charge is 2.13. The molecule has 2 rings (SSSR count). The third-order valence-electron chi connectivity index (χ3n) is 3.00. The molecule has 0 saturated heterocycles. The Morgan fingerprint density at radius 2 is 1.70 bits per heavy atom. The van der Waals surface area contributed by atoms with Crippen LogP contribution in [0.15, 0.2) is 46.3 Å². The first-order chi connectivity index (χ1) is 9.40. The molecule has 106 valence electrons. The molecule has 1 aromatic heterocycles. The van der Waals surface area contributed by atoms with Crippen LogP contribution in [0.2, 0.25) is 0 Å². The molecule has 0 aliphatic heterocycles. The average molecular weight is 288 g/mol. The van der Waals surface area contributed by atoms with Crippen molar-refractivity contribution < 1.29 is 4.74 Å². The highest BCUT2D eigenvalue weighted by Crippen LogP contribution is 2.31. The zero-order valence-corrected chi connectivity index (χ0v) is 13.1. The minimum Gasteiger partial charge on any atom is -0.480 e. The highest BCUT2D eigenvalue weighted by molar-refractivity contribution is 7.99. The van der Waals surface area contributed by atoms with Gasteiger partial charge >= 0.3 is 0 Å². The summed E-state index contributed by atoms with van der Waals surface area (Å²) in [6.07, 6.45) is 0. The number of aromatic nitrogens is 1. The van der Waals surface area contributed by atoms with Gasteiger partial charge in [-0.2, -0.15) is 0 Å². The van der Waals surface area contributed by atoms with Crippen molar-refractivity contribution in [1.82, 2.24) is 4.98 Å². The molecular weight excluding hydrogens is 268 g/mol. The molecule has 4 heteroatoms. The number of nitrogens with zero attached hydrogens (tertiary/aromatic N) is 1. The van der Waals surface area contributed by atoms with E-state index in [9.17, 15) is 0 Å². The Bertz CT molecular complexity index is 588. The van der Waals surface area contributed by atoms with Gasteiger partial charge in [-0.25, -0.2) is 4.98 Å². The van der Waals surface area contributed by atoms with E-state index in [0.717, 1.165) is 9.92 Å². The summed E-state index contributed by atoms with van der Waals surface area (Å²) in [4.78, 5) is 5.52. The van der Waals surface area contributed by atoms with Crippen LogP contribution in [0, 0.1) is 0 Å². The number of pyridine rings is 1. The number of hydrogen-bond donors (Lipinski definition) is 1. The Morgan fingerprint density at radius 1 is 1.05 bits per heavy atom. The summed E-state index contributed by atoms with van der Waals surface area (Å²) in [6, 6.07) is 12.3. The van der Waals surface area contributed by atoms with Gasteiger partial charge in [0, 0.05) is 4.90 Å². The summed E-state index contributed by atoms with van der Waals surface area (Å²) < 4.78 is 5.14. The zero-order valence-electron chi connectivity index (χ0n) is 12.3. The number of methoxy groups -OCH3 is 1. The van der Waals surface area contributed by atoms with Gasteiger partial charge in [-0.15, -0.1) is 0 Å². The molecule has 1 aromatic carbocycles. The van der Waals surface area contributed by atoms with Crippen LogP contribution in [-0.4, -0.2) is 12.1 Å². The molecule has 1 heterocycles. The standard InChI is InChI=1S/C16H20N2OS/c1-16(2,3)11-5-7-12(8-6-11)20-14-10-9-13(17)15(18-14)19-4/h5-10H,17H2,1-4H3. The SMILES string of the molecule is COc1nc(Sc2ccc(C(C)(C)C)cc2)ccc1N. The molecule has 2 N–H and O–H groups in total. The van der Waals surface area contributed by atoms with Gasteiger partial charge in [0.25, 0.3) is 0 Å². The van der Waals surface area contributed by atoms with Gasteiger partial charge in [0.1, 0.15) is 5.03 Å². The fraction of sp³-hybridized carbons (Fsp3) is 0.312. The van der Waals surface area contributed by atoms with E-state index >= 15 is 0 Å². The van der Waals surface area contributed by atoms with Gasteiger partial charge in [-0.05, 0) is 35.2 Å². The second kappa shape index (κ2) is 5.75. The van der Waals surface area contributed by atoms with Gasteiger partial charge in [-0.3, -0.25) is 0 Å². The predicted octanol–water partition coefficient (Wildman–Crippen LogP) is 4.12. The van der Waals surface area contributed by atoms with Crippen LogP contribution < -0.4 is 10.5 Å². The first-order valence-corrected chi connectivity index (χ1v) is 7.31. The van der Waals surface area contributed by atoms with Gasteiger partial charge in [0.2, 0.25) is 5.88 Å². The van der Waals surface area contributed by atoms with E-state index in [0.29, 0.717) is 11.6 Å². The monoisotopic (exact) mass is 288 g/mol. The Hall–Kier alpha value is -1.68. The van der Waals surface area contributed by atoms with Gasteiger partial charge < -0.3 is 10.5 Å². The lowest BCUT2D eigenvalue weighted by molar-refractivity contribution is 0.397. The van der Waals surface area contributed by atoms with Gasteiger partial charge in [0.05, 0.1) is 12.8 Å². The third-order valence-corrected chi connectivity index (χ3v) is 3.94. The molecule has 0 bridgehead atoms. The Kier molecular flexibility index (Phi) is 4.23. The summed E-state index contributed by atoms with van der Waals surface area (Å²) in [5, 5.41) is 0.875. The Morgan fingerprint density at radius 3 is 2.25 bits per heavy atom. The van der Waals surface area contributed by atoms with Crippen LogP contribution in [0.1, 0.15) is 26.3 Å². The van der Waals surface area contributed by atoms with Crippen LogP contribution in [0.5, 0.6) is 5.88 Å². The minimum atomic E-state index is 0.172. The van der Waals surface area contributed by atoms with Crippen LogP contribution >= 0.6 is 11.8 Å². The predicted molar refractivity (Wildman–Crippen MR) is 84.5 cm³/mol. The maximum absolute atomic E-state index is 5.76. The molecule has 0 aliphatic carbocycles. The number of anilines is 1. The molecule has 0 radical (unpaired) electrons. The lowest BCUT2D eigenvalue weighted by atomic mass is 9.87. The molecule has 0 atom stereocenters.